The summed E-state index contributed by atoms with van der Waals surface area (Å²) >= 11 is 0. The molecule has 0 fully saturated rings. The molecule has 1 aromatic rings. The minimum Gasteiger partial charge on any atom is -0.486 e. The second kappa shape index (κ2) is 6.21. The second-order valence-electron chi connectivity index (χ2n) is 3.13. The van der Waals surface area contributed by atoms with Crippen LogP contribution in [0.25, 0.3) is 0 Å². The Balaban J connectivity index is 2.80. The van der Waals surface area contributed by atoms with E-state index in [9.17, 15) is 22.0 Å². The first-order valence-corrected chi connectivity index (χ1v) is 4.79. The fraction of sp³-hybridized carbons (Fsp3) is 0.273. The lowest BCUT2D eigenvalue weighted by Crippen LogP contribution is -2.22. The first kappa shape index (κ1) is 14.3. The highest BCUT2D eigenvalue weighted by Crippen LogP contribution is 2.28. The highest BCUT2D eigenvalue weighted by atomic mass is 19.2. The molecule has 0 heterocycles. The Morgan fingerprint density at radius 3 is 1.94 bits per heavy atom. The van der Waals surface area contributed by atoms with Gasteiger partial charge in [0.1, 0.15) is 6.61 Å². The average Bonchev–Trinajstić information content (AvgIpc) is 2.37. The first-order chi connectivity index (χ1) is 8.50. The lowest BCUT2D eigenvalue weighted by Gasteiger charge is -2.10. The third-order valence-electron chi connectivity index (χ3n) is 1.92. The topological polar surface area (TPSA) is 21.3 Å². The molecule has 7 heteroatoms. The van der Waals surface area contributed by atoms with E-state index >= 15 is 0 Å². The van der Waals surface area contributed by atoms with Crippen molar-refractivity contribution in [1.82, 2.24) is 5.32 Å². The average molecular weight is 265 g/mol. The van der Waals surface area contributed by atoms with Crippen LogP contribution in [0.4, 0.5) is 22.0 Å². The SMILES string of the molecule is C#CCNCCOc1c(F)c(F)c(F)c(F)c1F. The normalized spacial score (nSPS) is 10.2. The maximum atomic E-state index is 13.1. The van der Waals surface area contributed by atoms with Gasteiger partial charge in [-0.3, -0.25) is 0 Å². The van der Waals surface area contributed by atoms with Crippen molar-refractivity contribution in [3.8, 4) is 18.1 Å². The van der Waals surface area contributed by atoms with Crippen LogP contribution in [0.1, 0.15) is 0 Å². The zero-order chi connectivity index (χ0) is 13.7. The van der Waals surface area contributed by atoms with Crippen LogP contribution in [0.15, 0.2) is 0 Å². The molecule has 0 aliphatic heterocycles. The third-order valence-corrected chi connectivity index (χ3v) is 1.92. The smallest absolute Gasteiger partial charge is 0.206 e. The Kier molecular flexibility index (Phi) is 4.92. The quantitative estimate of drug-likeness (QED) is 0.289. The summed E-state index contributed by atoms with van der Waals surface area (Å²) in [6, 6.07) is 0. The van der Waals surface area contributed by atoms with Crippen LogP contribution in [-0.2, 0) is 0 Å². The van der Waals surface area contributed by atoms with Gasteiger partial charge >= 0.3 is 0 Å². The summed E-state index contributed by atoms with van der Waals surface area (Å²) < 4.78 is 68.8. The number of halogens is 5. The molecule has 0 spiro atoms. The van der Waals surface area contributed by atoms with E-state index in [1.807, 2.05) is 0 Å². The van der Waals surface area contributed by atoms with Gasteiger partial charge in [0.05, 0.1) is 6.54 Å². The van der Waals surface area contributed by atoms with E-state index in [4.69, 9.17) is 6.42 Å². The lowest BCUT2D eigenvalue weighted by molar-refractivity contribution is 0.263. The maximum absolute atomic E-state index is 13.1. The van der Waals surface area contributed by atoms with E-state index < -0.39 is 34.8 Å². The summed E-state index contributed by atoms with van der Waals surface area (Å²) in [6.45, 7) is 0.00416. The van der Waals surface area contributed by atoms with Gasteiger partial charge in [-0.1, -0.05) is 5.92 Å². The Bertz CT molecular complexity index is 454. The molecule has 0 amide bonds. The largest absolute Gasteiger partial charge is 0.486 e. The Hall–Kier alpha value is -1.81. The molecule has 0 saturated carbocycles. The number of benzene rings is 1. The van der Waals surface area contributed by atoms with Gasteiger partial charge in [-0.05, 0) is 0 Å². The van der Waals surface area contributed by atoms with Crippen molar-refractivity contribution in [1.29, 1.82) is 0 Å². The highest BCUT2D eigenvalue weighted by Gasteiger charge is 2.26. The van der Waals surface area contributed by atoms with Gasteiger partial charge in [-0.2, -0.15) is 8.78 Å². The molecule has 18 heavy (non-hydrogen) atoms. The van der Waals surface area contributed by atoms with Gasteiger partial charge in [0.2, 0.25) is 29.1 Å². The number of terminal acetylenes is 1. The monoisotopic (exact) mass is 265 g/mol. The van der Waals surface area contributed by atoms with Crippen LogP contribution in [0, 0.1) is 41.4 Å². The fourth-order valence-electron chi connectivity index (χ4n) is 1.10. The van der Waals surface area contributed by atoms with E-state index in [-0.39, 0.29) is 19.7 Å². The molecule has 1 N–H and O–H groups in total. The van der Waals surface area contributed by atoms with Gasteiger partial charge in [-0.25, -0.2) is 13.2 Å². The second-order valence-corrected chi connectivity index (χ2v) is 3.13. The Morgan fingerprint density at radius 2 is 1.44 bits per heavy atom. The number of rotatable bonds is 5. The summed E-state index contributed by atoms with van der Waals surface area (Å²) in [4.78, 5) is 0. The molecule has 0 radical (unpaired) electrons. The van der Waals surface area contributed by atoms with Gasteiger partial charge in [-0.15, -0.1) is 6.42 Å². The fourth-order valence-corrected chi connectivity index (χ4v) is 1.10. The minimum absolute atomic E-state index is 0.101. The minimum atomic E-state index is -2.22. The molecule has 0 unspecified atom stereocenters. The standard InChI is InChI=1S/C11H8F5NO/c1-2-3-17-4-5-18-11-9(15)7(13)6(12)8(14)10(11)16/h1,17H,3-5H2. The molecule has 2 nitrogen and oxygen atoms in total. The van der Waals surface area contributed by atoms with Crippen LogP contribution in [0.5, 0.6) is 5.75 Å². The van der Waals surface area contributed by atoms with Crippen molar-refractivity contribution in [3.05, 3.63) is 29.1 Å². The van der Waals surface area contributed by atoms with E-state index in [2.05, 4.69) is 16.0 Å². The molecule has 1 aromatic carbocycles. The van der Waals surface area contributed by atoms with E-state index in [0.29, 0.717) is 0 Å². The van der Waals surface area contributed by atoms with Crippen LogP contribution < -0.4 is 10.1 Å². The van der Waals surface area contributed by atoms with Crippen LogP contribution in [-0.4, -0.2) is 19.7 Å². The first-order valence-electron chi connectivity index (χ1n) is 4.79. The van der Waals surface area contributed by atoms with Crippen molar-refractivity contribution in [3.63, 3.8) is 0 Å². The zero-order valence-electron chi connectivity index (χ0n) is 9.00. The molecule has 0 saturated heterocycles. The van der Waals surface area contributed by atoms with E-state index in [1.165, 1.54) is 0 Å². The molecule has 0 atom stereocenters. The zero-order valence-corrected chi connectivity index (χ0v) is 9.00. The van der Waals surface area contributed by atoms with Crippen molar-refractivity contribution in [2.45, 2.75) is 0 Å². The van der Waals surface area contributed by atoms with Crippen LogP contribution >= 0.6 is 0 Å². The summed E-state index contributed by atoms with van der Waals surface area (Å²) in [5, 5.41) is 2.62. The van der Waals surface area contributed by atoms with Gasteiger partial charge < -0.3 is 10.1 Å². The Morgan fingerprint density at radius 1 is 0.944 bits per heavy atom. The maximum Gasteiger partial charge on any atom is 0.206 e. The Labute approximate surface area is 99.7 Å². The predicted molar refractivity (Wildman–Crippen MR) is 53.4 cm³/mol. The molecular weight excluding hydrogens is 257 g/mol. The van der Waals surface area contributed by atoms with Gasteiger partial charge in [0, 0.05) is 6.54 Å². The third kappa shape index (κ3) is 2.90. The van der Waals surface area contributed by atoms with Crippen molar-refractivity contribution in [2.75, 3.05) is 19.7 Å². The molecule has 0 aliphatic rings. The van der Waals surface area contributed by atoms with Crippen molar-refractivity contribution in [2.24, 2.45) is 0 Å². The van der Waals surface area contributed by atoms with E-state index in [0.717, 1.165) is 0 Å². The molecule has 1 rings (SSSR count). The van der Waals surface area contributed by atoms with Gasteiger partial charge in [0.15, 0.2) is 5.75 Å². The summed E-state index contributed by atoms with van der Waals surface area (Å²) in [5.41, 5.74) is 0. The number of ether oxygens (including phenoxy) is 1. The highest BCUT2D eigenvalue weighted by molar-refractivity contribution is 5.29. The van der Waals surface area contributed by atoms with Crippen LogP contribution in [0.3, 0.4) is 0 Å². The number of nitrogens with one attached hydrogen (secondary N) is 1. The van der Waals surface area contributed by atoms with Gasteiger partial charge in [0.25, 0.3) is 0 Å². The summed E-state index contributed by atoms with van der Waals surface area (Å²) in [5.74, 6) is -9.36. The molecule has 0 bridgehead atoms. The van der Waals surface area contributed by atoms with Crippen molar-refractivity contribution < 1.29 is 26.7 Å². The van der Waals surface area contributed by atoms with E-state index in [1.54, 1.807) is 0 Å². The molecule has 0 aliphatic carbocycles. The predicted octanol–water partition coefficient (Wildman–Crippen LogP) is 1.98. The van der Waals surface area contributed by atoms with Crippen molar-refractivity contribution >= 4 is 0 Å². The molecular formula is C11H8F5NO. The summed E-state index contributed by atoms with van der Waals surface area (Å²) in [7, 11) is 0. The number of hydrogen-bond acceptors (Lipinski definition) is 2. The lowest BCUT2D eigenvalue weighted by atomic mass is 10.2. The van der Waals surface area contributed by atoms with Crippen LogP contribution in [0.2, 0.25) is 0 Å². The number of hydrogen-bond donors (Lipinski definition) is 1. The summed E-state index contributed by atoms with van der Waals surface area (Å²) in [6.07, 6.45) is 4.91. The molecule has 98 valence electrons. The molecule has 0 aromatic heterocycles.